The predicted molar refractivity (Wildman–Crippen MR) is 45.7 cm³/mol. The largest absolute Gasteiger partial charge is 0.472 e. The lowest BCUT2D eigenvalue weighted by Crippen LogP contribution is -1.87. The molecule has 1 rings (SSSR count). The molecule has 0 bridgehead atoms. The number of rotatable bonds is 0. The minimum atomic E-state index is -1.22. The molecule has 0 amide bonds. The Morgan fingerprint density at radius 2 is 2.15 bits per heavy atom. The minimum absolute atomic E-state index is 0.260. The number of nitrogens with zero attached hydrogens (tertiary/aromatic N) is 2. The van der Waals surface area contributed by atoms with Crippen LogP contribution >= 0.6 is 0 Å². The van der Waals surface area contributed by atoms with Crippen molar-refractivity contribution in [3.05, 3.63) is 34.8 Å². The van der Waals surface area contributed by atoms with Gasteiger partial charge < -0.3 is 5.11 Å². The third-order valence-electron chi connectivity index (χ3n) is 1.32. The molecule has 0 aliphatic carbocycles. The van der Waals surface area contributed by atoms with E-state index in [0.29, 0.717) is 5.56 Å². The van der Waals surface area contributed by atoms with Crippen molar-refractivity contribution in [3.63, 3.8) is 0 Å². The van der Waals surface area contributed by atoms with E-state index < -0.39 is 5.97 Å². The predicted octanol–water partition coefficient (Wildman–Crippen LogP) is 1.61. The molecular weight excluding hydrogens is 168 g/mol. The van der Waals surface area contributed by atoms with Crippen molar-refractivity contribution in [2.45, 2.75) is 0 Å². The van der Waals surface area contributed by atoms with Crippen LogP contribution in [0.3, 0.4) is 0 Å². The van der Waals surface area contributed by atoms with Crippen LogP contribution in [0, 0.1) is 17.2 Å². The Bertz CT molecular complexity index is 435. The minimum Gasteiger partial charge on any atom is -0.472 e. The average Bonchev–Trinajstić information content (AvgIpc) is 2.15. The van der Waals surface area contributed by atoms with Crippen LogP contribution in [0.15, 0.2) is 24.3 Å². The highest BCUT2D eigenvalue weighted by Crippen LogP contribution is 2.16. The Balaban J connectivity index is 3.11. The maximum atomic E-state index is 10.1. The van der Waals surface area contributed by atoms with E-state index in [-0.39, 0.29) is 5.69 Å². The topological polar surface area (TPSA) is 65.5 Å². The van der Waals surface area contributed by atoms with Crippen molar-refractivity contribution in [1.29, 1.82) is 5.39 Å². The number of aliphatic carboxylic acids is 1. The summed E-state index contributed by atoms with van der Waals surface area (Å²) in [4.78, 5) is 13.1. The van der Waals surface area contributed by atoms with Gasteiger partial charge in [-0.05, 0) is 12.0 Å². The second kappa shape index (κ2) is 3.89. The summed E-state index contributed by atoms with van der Waals surface area (Å²) in [5, 5.41) is 16.8. The molecule has 0 atom stereocenters. The summed E-state index contributed by atoms with van der Waals surface area (Å²) in [5.41, 5.74) is 0.642. The van der Waals surface area contributed by atoms with Crippen LogP contribution in [0.4, 0.5) is 5.69 Å². The molecule has 0 unspecified atom stereocenters. The van der Waals surface area contributed by atoms with Crippen LogP contribution in [0.25, 0.3) is 4.98 Å². The lowest BCUT2D eigenvalue weighted by Gasteiger charge is -1.81. The second-order valence-corrected chi connectivity index (χ2v) is 2.17. The number of diazo groups is 1. The molecule has 4 nitrogen and oxygen atoms in total. The van der Waals surface area contributed by atoms with Gasteiger partial charge in [0.15, 0.2) is 4.98 Å². The first-order valence-electron chi connectivity index (χ1n) is 3.43. The second-order valence-electron chi connectivity index (χ2n) is 2.17. The van der Waals surface area contributed by atoms with Gasteiger partial charge in [0, 0.05) is 12.0 Å². The standard InChI is InChI=1S/C9H4N2O2/c10-11-8-4-2-1-3-7(8)5-6-9(12)13/h1-4H/p+1. The van der Waals surface area contributed by atoms with Gasteiger partial charge in [-0.25, -0.2) is 4.79 Å². The average molecular weight is 173 g/mol. The summed E-state index contributed by atoms with van der Waals surface area (Å²) in [6.45, 7) is 0. The van der Waals surface area contributed by atoms with E-state index >= 15 is 0 Å². The zero-order valence-electron chi connectivity index (χ0n) is 6.56. The molecular formula is C9H5N2O2+. The number of carbonyl (C=O) groups is 1. The number of benzene rings is 1. The van der Waals surface area contributed by atoms with Crippen LogP contribution in [0.5, 0.6) is 0 Å². The van der Waals surface area contributed by atoms with E-state index in [1.807, 2.05) is 5.92 Å². The Kier molecular flexibility index (Phi) is 2.62. The Morgan fingerprint density at radius 3 is 2.77 bits per heavy atom. The lowest BCUT2D eigenvalue weighted by molar-refractivity contribution is -0.130. The summed E-state index contributed by atoms with van der Waals surface area (Å²) in [6.07, 6.45) is 0. The molecule has 0 aliphatic rings. The lowest BCUT2D eigenvalue weighted by atomic mass is 10.2. The molecule has 0 fully saturated rings. The summed E-state index contributed by atoms with van der Waals surface area (Å²) in [7, 11) is 0. The number of hydrogen-bond acceptors (Lipinski definition) is 2. The molecule has 0 saturated carbocycles. The van der Waals surface area contributed by atoms with Gasteiger partial charge in [-0.1, -0.05) is 12.1 Å². The van der Waals surface area contributed by atoms with Gasteiger partial charge in [-0.15, -0.1) is 0 Å². The van der Waals surface area contributed by atoms with E-state index in [1.54, 1.807) is 18.2 Å². The molecule has 13 heavy (non-hydrogen) atoms. The maximum Gasteiger partial charge on any atom is 0.400 e. The molecule has 0 aromatic heterocycles. The summed E-state index contributed by atoms with van der Waals surface area (Å²) >= 11 is 0. The molecule has 0 radical (unpaired) electrons. The smallest absolute Gasteiger partial charge is 0.400 e. The molecule has 0 spiro atoms. The summed E-state index contributed by atoms with van der Waals surface area (Å²) in [6, 6.07) is 6.46. The van der Waals surface area contributed by atoms with Gasteiger partial charge in [0.1, 0.15) is 5.56 Å². The highest BCUT2D eigenvalue weighted by Gasteiger charge is 2.08. The van der Waals surface area contributed by atoms with Gasteiger partial charge >= 0.3 is 11.7 Å². The Hall–Kier alpha value is -2.33. The number of carboxylic acid groups (broad SMARTS) is 1. The molecule has 0 heterocycles. The first-order valence-corrected chi connectivity index (χ1v) is 3.43. The fourth-order valence-corrected chi connectivity index (χ4v) is 0.787. The monoisotopic (exact) mass is 173 g/mol. The van der Waals surface area contributed by atoms with Crippen LogP contribution in [0.2, 0.25) is 0 Å². The van der Waals surface area contributed by atoms with E-state index in [4.69, 9.17) is 10.5 Å². The summed E-state index contributed by atoms with van der Waals surface area (Å²) in [5.74, 6) is 3.08. The molecule has 62 valence electrons. The zero-order chi connectivity index (χ0) is 9.68. The van der Waals surface area contributed by atoms with Crippen molar-refractivity contribution in [1.82, 2.24) is 0 Å². The van der Waals surface area contributed by atoms with Crippen LogP contribution in [-0.4, -0.2) is 11.1 Å². The fraction of sp³-hybridized carbons (Fsp3) is 0. The van der Waals surface area contributed by atoms with Gasteiger partial charge in [-0.3, -0.25) is 0 Å². The van der Waals surface area contributed by atoms with E-state index in [2.05, 4.69) is 10.9 Å². The van der Waals surface area contributed by atoms with Gasteiger partial charge in [0.2, 0.25) is 5.39 Å². The highest BCUT2D eigenvalue weighted by atomic mass is 16.4. The van der Waals surface area contributed by atoms with Gasteiger partial charge in [0.25, 0.3) is 0 Å². The molecule has 1 N–H and O–H groups in total. The van der Waals surface area contributed by atoms with Crippen molar-refractivity contribution in [2.24, 2.45) is 0 Å². The Labute approximate surface area is 74.4 Å². The third-order valence-corrected chi connectivity index (χ3v) is 1.32. The third kappa shape index (κ3) is 2.32. The quantitative estimate of drug-likeness (QED) is 0.478. The molecule has 0 saturated heterocycles. The van der Waals surface area contributed by atoms with Crippen LogP contribution in [0.1, 0.15) is 5.56 Å². The van der Waals surface area contributed by atoms with Crippen LogP contribution < -0.4 is 0 Å². The maximum absolute atomic E-state index is 10.1. The normalized spacial score (nSPS) is 7.92. The van der Waals surface area contributed by atoms with Crippen molar-refractivity contribution >= 4 is 11.7 Å². The number of carboxylic acids is 1. The van der Waals surface area contributed by atoms with E-state index in [1.165, 1.54) is 6.07 Å². The van der Waals surface area contributed by atoms with Crippen molar-refractivity contribution < 1.29 is 9.90 Å². The summed E-state index contributed by atoms with van der Waals surface area (Å²) < 4.78 is 0. The van der Waals surface area contributed by atoms with E-state index in [9.17, 15) is 4.79 Å². The molecule has 1 aromatic rings. The van der Waals surface area contributed by atoms with Gasteiger partial charge in [-0.2, -0.15) is 0 Å². The SMILES string of the molecule is N#[N+]c1ccccc1C#CC(=O)O. The number of hydrogen-bond donors (Lipinski definition) is 1. The van der Waals surface area contributed by atoms with Crippen LogP contribution in [-0.2, 0) is 4.79 Å². The van der Waals surface area contributed by atoms with Gasteiger partial charge in [0.05, 0.1) is 0 Å². The molecule has 1 aromatic carbocycles. The Morgan fingerprint density at radius 1 is 1.46 bits per heavy atom. The van der Waals surface area contributed by atoms with Crippen molar-refractivity contribution in [2.75, 3.05) is 0 Å². The van der Waals surface area contributed by atoms with Crippen molar-refractivity contribution in [3.8, 4) is 11.8 Å². The molecule has 4 heteroatoms. The highest BCUT2D eigenvalue weighted by molar-refractivity contribution is 5.87. The molecule has 0 aliphatic heterocycles. The first-order chi connectivity index (χ1) is 6.24. The first kappa shape index (κ1) is 8.76. The van der Waals surface area contributed by atoms with E-state index in [0.717, 1.165) is 0 Å². The zero-order valence-corrected chi connectivity index (χ0v) is 6.56. The fourth-order valence-electron chi connectivity index (χ4n) is 0.787.